The molecule has 0 amide bonds. The molecule has 1 saturated heterocycles. The van der Waals surface area contributed by atoms with Gasteiger partial charge in [-0.1, -0.05) is 12.1 Å². The summed E-state index contributed by atoms with van der Waals surface area (Å²) in [4.78, 5) is 21.0. The van der Waals surface area contributed by atoms with E-state index in [1.807, 2.05) is 0 Å². The molecule has 9 heteroatoms. The molecule has 2 aromatic rings. The number of nitrogens with zero attached hydrogens (tertiary/aromatic N) is 3. The van der Waals surface area contributed by atoms with E-state index >= 15 is 0 Å². The van der Waals surface area contributed by atoms with Gasteiger partial charge in [0.2, 0.25) is 5.89 Å². The summed E-state index contributed by atoms with van der Waals surface area (Å²) in [6, 6.07) is 6.01. The van der Waals surface area contributed by atoms with Crippen LogP contribution in [0.4, 0.5) is 4.39 Å². The van der Waals surface area contributed by atoms with Gasteiger partial charge in [-0.05, 0) is 45.5 Å². The van der Waals surface area contributed by atoms with Gasteiger partial charge < -0.3 is 14.2 Å². The Morgan fingerprint density at radius 1 is 1.16 bits per heavy atom. The average molecular weight is 452 g/mol. The van der Waals surface area contributed by atoms with Gasteiger partial charge in [0.25, 0.3) is 0 Å². The number of aromatic nitrogens is 1. The first-order valence-electron chi connectivity index (χ1n) is 10.6. The molecular weight excluding hydrogens is 421 g/mol. The van der Waals surface area contributed by atoms with E-state index in [0.717, 1.165) is 39.1 Å². The highest BCUT2D eigenvalue weighted by Crippen LogP contribution is 2.25. The molecule has 1 aromatic carbocycles. The summed E-state index contributed by atoms with van der Waals surface area (Å²) in [7, 11) is -1.57. The number of benzene rings is 1. The number of unbranched alkanes of at least 4 members (excludes halogenated alkanes) is 1. The number of oxazole rings is 1. The molecule has 1 aliphatic heterocycles. The van der Waals surface area contributed by atoms with Gasteiger partial charge in [0.15, 0.2) is 9.84 Å². The Morgan fingerprint density at radius 2 is 1.87 bits per heavy atom. The molecule has 1 aromatic heterocycles. The fourth-order valence-electron chi connectivity index (χ4n) is 3.62. The molecule has 3 rings (SSSR count). The molecule has 0 unspecified atom stereocenters. The van der Waals surface area contributed by atoms with Crippen LogP contribution < -0.4 is 0 Å². The maximum absolute atomic E-state index is 13.9. The van der Waals surface area contributed by atoms with E-state index in [4.69, 9.17) is 4.42 Å². The largest absolute Gasteiger partial charge is 0.441 e. The average Bonchev–Trinajstić information content (AvgIpc) is 3.06. The van der Waals surface area contributed by atoms with Crippen molar-refractivity contribution >= 4 is 15.6 Å². The Labute approximate surface area is 183 Å². The molecule has 0 aliphatic carbocycles. The van der Waals surface area contributed by atoms with Crippen LogP contribution in [0.2, 0.25) is 0 Å². The molecule has 0 bridgehead atoms. The zero-order valence-electron chi connectivity index (χ0n) is 18.1. The van der Waals surface area contributed by atoms with E-state index in [-0.39, 0.29) is 29.4 Å². The molecular formula is C22H30FN3O4S. The lowest BCUT2D eigenvalue weighted by molar-refractivity contribution is -0.116. The minimum atomic E-state index is -3.68. The third-order valence-corrected chi connectivity index (χ3v) is 6.99. The van der Waals surface area contributed by atoms with Gasteiger partial charge in [-0.15, -0.1) is 0 Å². The lowest BCUT2D eigenvalue weighted by Crippen LogP contribution is -2.44. The van der Waals surface area contributed by atoms with Gasteiger partial charge in [0, 0.05) is 32.6 Å². The molecule has 7 nitrogen and oxygen atoms in total. The van der Waals surface area contributed by atoms with E-state index in [1.165, 1.54) is 12.1 Å². The van der Waals surface area contributed by atoms with Crippen LogP contribution in [0.1, 0.15) is 30.7 Å². The van der Waals surface area contributed by atoms with Crippen LogP contribution in [0.15, 0.2) is 28.7 Å². The molecule has 2 heterocycles. The van der Waals surface area contributed by atoms with Gasteiger partial charge in [0.05, 0.1) is 17.0 Å². The van der Waals surface area contributed by atoms with Crippen LogP contribution in [-0.2, 0) is 20.4 Å². The van der Waals surface area contributed by atoms with Crippen molar-refractivity contribution in [2.45, 2.75) is 31.9 Å². The first kappa shape index (κ1) is 23.6. The zero-order chi connectivity index (χ0) is 22.4. The van der Waals surface area contributed by atoms with Crippen molar-refractivity contribution in [3.8, 4) is 11.5 Å². The van der Waals surface area contributed by atoms with Crippen molar-refractivity contribution < 1.29 is 22.0 Å². The van der Waals surface area contributed by atoms with Crippen molar-refractivity contribution in [2.75, 3.05) is 45.5 Å². The monoisotopic (exact) mass is 451 g/mol. The van der Waals surface area contributed by atoms with Gasteiger partial charge in [-0.2, -0.15) is 0 Å². The number of piperazine rings is 1. The zero-order valence-corrected chi connectivity index (χ0v) is 19.0. The molecule has 0 N–H and O–H groups in total. The fourth-order valence-corrected chi connectivity index (χ4v) is 5.04. The predicted molar refractivity (Wildman–Crippen MR) is 117 cm³/mol. The second-order valence-corrected chi connectivity index (χ2v) is 10.2. The fraction of sp³-hybridized carbons (Fsp3) is 0.545. The van der Waals surface area contributed by atoms with Crippen LogP contribution in [-0.4, -0.2) is 74.5 Å². The van der Waals surface area contributed by atoms with Crippen LogP contribution in [0.25, 0.3) is 11.5 Å². The van der Waals surface area contributed by atoms with Crippen LogP contribution in [0, 0.1) is 12.7 Å². The molecule has 0 atom stereocenters. The number of ketones is 1. The van der Waals surface area contributed by atoms with E-state index < -0.39 is 27.2 Å². The molecule has 1 aliphatic rings. The normalized spacial score (nSPS) is 16.0. The Bertz CT molecular complexity index is 998. The van der Waals surface area contributed by atoms with Gasteiger partial charge in [-0.25, -0.2) is 17.8 Å². The quantitative estimate of drug-likeness (QED) is 0.514. The Morgan fingerprint density at radius 3 is 2.58 bits per heavy atom. The summed E-state index contributed by atoms with van der Waals surface area (Å²) in [5.41, 5.74) is 0.381. The smallest absolute Gasteiger partial charge is 0.229 e. The number of halogens is 1. The van der Waals surface area contributed by atoms with E-state index in [2.05, 4.69) is 21.8 Å². The highest BCUT2D eigenvalue weighted by atomic mass is 32.2. The number of carbonyl (C=O) groups excluding carboxylic acids is 1. The minimum Gasteiger partial charge on any atom is -0.441 e. The maximum Gasteiger partial charge on any atom is 0.229 e. The lowest BCUT2D eigenvalue weighted by atomic mass is 10.2. The van der Waals surface area contributed by atoms with Crippen molar-refractivity contribution in [2.24, 2.45) is 0 Å². The predicted octanol–water partition coefficient (Wildman–Crippen LogP) is 2.69. The number of carbonyl (C=O) groups is 1. The Balaban J connectivity index is 1.47. The van der Waals surface area contributed by atoms with E-state index in [0.29, 0.717) is 12.2 Å². The molecule has 170 valence electrons. The summed E-state index contributed by atoms with van der Waals surface area (Å²) in [5, 5.41) is 0. The number of sulfone groups is 1. The number of aryl methyl sites for hydroxylation is 1. The van der Waals surface area contributed by atoms with Gasteiger partial charge in [0.1, 0.15) is 23.1 Å². The SMILES string of the molecule is Cc1oc(-c2ccccc2F)nc1CS(=O)(=O)CC(=O)CCCCN1CCN(C)CC1. The second kappa shape index (κ2) is 10.5. The third kappa shape index (κ3) is 6.95. The standard InChI is InChI=1S/C22H30FN3O4S/c1-17-21(24-22(30-17)19-8-3-4-9-20(19)23)16-31(28,29)15-18(27)7-5-6-10-26-13-11-25(2)12-14-26/h3-4,8-9H,5-7,10-16H2,1-2H3. The molecule has 1 fully saturated rings. The molecule has 0 radical (unpaired) electrons. The van der Waals surface area contributed by atoms with E-state index in [9.17, 15) is 17.6 Å². The number of rotatable bonds is 10. The van der Waals surface area contributed by atoms with Crippen molar-refractivity contribution in [3.63, 3.8) is 0 Å². The van der Waals surface area contributed by atoms with E-state index in [1.54, 1.807) is 19.1 Å². The highest BCUT2D eigenvalue weighted by molar-refractivity contribution is 7.91. The van der Waals surface area contributed by atoms with Crippen LogP contribution >= 0.6 is 0 Å². The summed E-state index contributed by atoms with van der Waals surface area (Å²) < 4.78 is 44.4. The second-order valence-electron chi connectivity index (χ2n) is 8.17. The summed E-state index contributed by atoms with van der Waals surface area (Å²) in [5.74, 6) is -1.34. The lowest BCUT2D eigenvalue weighted by Gasteiger charge is -2.32. The third-order valence-electron chi connectivity index (χ3n) is 5.51. The number of hydrogen-bond donors (Lipinski definition) is 0. The summed E-state index contributed by atoms with van der Waals surface area (Å²) in [6.07, 6.45) is 1.82. The molecule has 0 saturated carbocycles. The topological polar surface area (TPSA) is 83.7 Å². The highest BCUT2D eigenvalue weighted by Gasteiger charge is 2.23. The molecule has 0 spiro atoms. The minimum absolute atomic E-state index is 0.0380. The van der Waals surface area contributed by atoms with Crippen LogP contribution in [0.3, 0.4) is 0 Å². The van der Waals surface area contributed by atoms with Crippen molar-refractivity contribution in [3.05, 3.63) is 41.5 Å². The maximum atomic E-state index is 13.9. The molecule has 31 heavy (non-hydrogen) atoms. The van der Waals surface area contributed by atoms with Crippen molar-refractivity contribution in [1.82, 2.24) is 14.8 Å². The number of likely N-dealkylation sites (N-methyl/N-ethyl adjacent to an activating group) is 1. The Hall–Kier alpha value is -2.10. The van der Waals surface area contributed by atoms with Crippen molar-refractivity contribution in [1.29, 1.82) is 0 Å². The first-order chi connectivity index (χ1) is 14.7. The van der Waals surface area contributed by atoms with Gasteiger partial charge >= 0.3 is 0 Å². The van der Waals surface area contributed by atoms with Crippen LogP contribution in [0.5, 0.6) is 0 Å². The number of Topliss-reactive ketones (excluding diaryl/α,β-unsaturated/α-hetero) is 1. The first-order valence-corrected chi connectivity index (χ1v) is 12.4. The summed E-state index contributed by atoms with van der Waals surface area (Å²) >= 11 is 0. The number of hydrogen-bond acceptors (Lipinski definition) is 7. The van der Waals surface area contributed by atoms with Gasteiger partial charge in [-0.3, -0.25) is 4.79 Å². The Kier molecular flexibility index (Phi) is 7.96. The summed E-state index contributed by atoms with van der Waals surface area (Å²) in [6.45, 7) is 6.69.